The summed E-state index contributed by atoms with van der Waals surface area (Å²) < 4.78 is 0. The van der Waals surface area contributed by atoms with E-state index in [1.54, 1.807) is 10.0 Å². The third kappa shape index (κ3) is 5.06. The van der Waals surface area contributed by atoms with E-state index in [1.807, 2.05) is 0 Å². The molecule has 6 rings (SSSR count). The number of nitrogens with zero attached hydrogens (tertiary/aromatic N) is 4. The summed E-state index contributed by atoms with van der Waals surface area (Å²) in [4.78, 5) is 52.7. The molecular weight excluding hydrogens is 502 g/mol. The number of rotatable bonds is 6. The van der Waals surface area contributed by atoms with E-state index in [1.165, 1.54) is 49.1 Å². The van der Waals surface area contributed by atoms with Crippen molar-refractivity contribution in [3.8, 4) is 0 Å². The third-order valence-corrected chi connectivity index (χ3v) is 9.99. The number of allylic oxidation sites excluding steroid dienone is 1. The van der Waals surface area contributed by atoms with Crippen LogP contribution in [0.25, 0.3) is 0 Å². The van der Waals surface area contributed by atoms with Crippen LogP contribution in [-0.2, 0) is 14.4 Å². The number of fused-ring (bicyclic) bond motifs is 1. The lowest BCUT2D eigenvalue weighted by atomic mass is 9.82. The van der Waals surface area contributed by atoms with Crippen LogP contribution in [0, 0.1) is 22.0 Å². The molecule has 0 spiro atoms. The highest BCUT2D eigenvalue weighted by Gasteiger charge is 2.57. The van der Waals surface area contributed by atoms with Crippen LogP contribution < -0.4 is 16.4 Å². The summed E-state index contributed by atoms with van der Waals surface area (Å²) in [5, 5.41) is 14.5. The molecule has 12 nitrogen and oxygen atoms in total. The van der Waals surface area contributed by atoms with Gasteiger partial charge in [-0.15, -0.1) is 0 Å². The molecule has 3 atom stereocenters. The highest BCUT2D eigenvalue weighted by molar-refractivity contribution is 6.09. The van der Waals surface area contributed by atoms with E-state index >= 15 is 0 Å². The van der Waals surface area contributed by atoms with Crippen LogP contribution in [0.5, 0.6) is 0 Å². The summed E-state index contributed by atoms with van der Waals surface area (Å²) in [5.74, 6) is 0.115. The lowest BCUT2D eigenvalue weighted by molar-refractivity contribution is -0.526. The first-order valence-electron chi connectivity index (χ1n) is 15.0. The molecule has 0 radical (unpaired) electrons. The van der Waals surface area contributed by atoms with Gasteiger partial charge in [0.15, 0.2) is 0 Å². The fourth-order valence-electron chi connectivity index (χ4n) is 7.80. The average Bonchev–Trinajstić information content (AvgIpc) is 3.65. The van der Waals surface area contributed by atoms with Crippen LogP contribution in [0.4, 0.5) is 0 Å². The second kappa shape index (κ2) is 11.1. The highest BCUT2D eigenvalue weighted by atomic mass is 16.6. The van der Waals surface area contributed by atoms with Crippen LogP contribution in [0.3, 0.4) is 0 Å². The van der Waals surface area contributed by atoms with Crippen LogP contribution in [0.2, 0.25) is 0 Å². The van der Waals surface area contributed by atoms with Crippen molar-refractivity contribution < 1.29 is 19.3 Å². The van der Waals surface area contributed by atoms with Crippen molar-refractivity contribution in [2.75, 3.05) is 6.54 Å². The van der Waals surface area contributed by atoms with E-state index in [9.17, 15) is 24.5 Å². The summed E-state index contributed by atoms with van der Waals surface area (Å²) in [6.45, 7) is -0.0445. The maximum Gasteiger partial charge on any atom is 0.257 e. The first kappa shape index (κ1) is 26.6. The van der Waals surface area contributed by atoms with E-state index in [0.717, 1.165) is 25.7 Å². The molecule has 2 saturated heterocycles. The minimum atomic E-state index is -0.809. The molecule has 6 aliphatic rings. The summed E-state index contributed by atoms with van der Waals surface area (Å²) in [7, 11) is 0. The van der Waals surface area contributed by atoms with Gasteiger partial charge in [-0.25, -0.2) is 15.4 Å². The van der Waals surface area contributed by atoms with Gasteiger partial charge in [-0.1, -0.05) is 38.5 Å². The number of nitrogens with one attached hydrogen (secondary N) is 3. The van der Waals surface area contributed by atoms with Crippen LogP contribution in [0.1, 0.15) is 89.9 Å². The molecule has 5 fully saturated rings. The predicted molar refractivity (Wildman–Crippen MR) is 140 cm³/mol. The SMILES string of the molecule is O=C(CN1NNC2C(=O)N(C3CCC([N+](=O)[O-])CC3)C(=O)C21)N1NC(C2CCCCC2)=CC1C1CCCCC1. The summed E-state index contributed by atoms with van der Waals surface area (Å²) >= 11 is 0. The smallest absolute Gasteiger partial charge is 0.257 e. The van der Waals surface area contributed by atoms with Gasteiger partial charge in [0, 0.05) is 35.4 Å². The largest absolute Gasteiger partial charge is 0.300 e. The molecule has 3 aliphatic carbocycles. The van der Waals surface area contributed by atoms with Gasteiger partial charge in [-0.3, -0.25) is 34.8 Å². The molecule has 0 aromatic carbocycles. The Labute approximate surface area is 228 Å². The number of nitro groups is 1. The zero-order valence-electron chi connectivity index (χ0n) is 22.6. The minimum Gasteiger partial charge on any atom is -0.300 e. The van der Waals surface area contributed by atoms with Gasteiger partial charge in [-0.2, -0.15) is 5.53 Å². The molecule has 3 heterocycles. The highest BCUT2D eigenvalue weighted by Crippen LogP contribution is 2.37. The van der Waals surface area contributed by atoms with Crippen molar-refractivity contribution in [3.05, 3.63) is 21.9 Å². The summed E-state index contributed by atoms with van der Waals surface area (Å²) in [6.07, 6.45) is 15.7. The van der Waals surface area contributed by atoms with Gasteiger partial charge in [0.05, 0.1) is 12.6 Å². The zero-order chi connectivity index (χ0) is 27.1. The fourth-order valence-corrected chi connectivity index (χ4v) is 7.80. The molecule has 3 saturated carbocycles. The zero-order valence-corrected chi connectivity index (χ0v) is 22.6. The van der Waals surface area contributed by atoms with Crippen molar-refractivity contribution in [2.45, 2.75) is 120 Å². The quantitative estimate of drug-likeness (QED) is 0.260. The molecule has 0 bridgehead atoms. The Morgan fingerprint density at radius 1 is 0.923 bits per heavy atom. The molecule has 3 N–H and O–H groups in total. The van der Waals surface area contributed by atoms with Crippen molar-refractivity contribution >= 4 is 17.7 Å². The topological polar surface area (TPSA) is 140 Å². The van der Waals surface area contributed by atoms with Gasteiger partial charge in [0.1, 0.15) is 12.1 Å². The molecule has 3 amide bonds. The number of imide groups is 1. The Morgan fingerprint density at radius 2 is 1.59 bits per heavy atom. The second-order valence-electron chi connectivity index (χ2n) is 12.3. The standard InChI is InChI=1S/C27H41N7O5/c35-23(33-22(18-9-5-2-6-10-18)15-21(29-33)17-7-3-1-4-8-17)16-31-25-24(28-30-31)26(36)32(27(25)37)19-11-13-20(14-12-19)34(38)39/h15,17-20,22,24-25,28-30H,1-14,16H2. The second-order valence-corrected chi connectivity index (χ2v) is 12.3. The normalized spacial score (nSPS) is 34.8. The van der Waals surface area contributed by atoms with Crippen LogP contribution in [-0.4, -0.2) is 74.3 Å². The molecule has 12 heteroatoms. The summed E-state index contributed by atoms with van der Waals surface area (Å²) in [6, 6.07) is -2.51. The van der Waals surface area contributed by atoms with Crippen molar-refractivity contribution in [3.63, 3.8) is 0 Å². The van der Waals surface area contributed by atoms with E-state index in [-0.39, 0.29) is 41.3 Å². The number of carbonyl (C=O) groups excluding carboxylic acids is 3. The van der Waals surface area contributed by atoms with Crippen molar-refractivity contribution in [2.24, 2.45) is 11.8 Å². The van der Waals surface area contributed by atoms with E-state index in [4.69, 9.17) is 0 Å². The van der Waals surface area contributed by atoms with Gasteiger partial charge >= 0.3 is 0 Å². The van der Waals surface area contributed by atoms with Crippen LogP contribution in [0.15, 0.2) is 11.8 Å². The van der Waals surface area contributed by atoms with E-state index in [2.05, 4.69) is 22.5 Å². The van der Waals surface area contributed by atoms with E-state index < -0.39 is 18.1 Å². The molecule has 39 heavy (non-hydrogen) atoms. The Hall–Kier alpha value is -2.57. The number of hydrogen-bond acceptors (Lipinski definition) is 9. The number of hydrogen-bond donors (Lipinski definition) is 3. The Kier molecular flexibility index (Phi) is 7.60. The lowest BCUT2D eigenvalue weighted by Crippen LogP contribution is -2.56. The Morgan fingerprint density at radius 3 is 2.26 bits per heavy atom. The predicted octanol–water partition coefficient (Wildman–Crippen LogP) is 1.77. The van der Waals surface area contributed by atoms with Gasteiger partial charge < -0.3 is 0 Å². The molecule has 0 aromatic rings. The van der Waals surface area contributed by atoms with Crippen LogP contribution >= 0.6 is 0 Å². The molecule has 0 aromatic heterocycles. The maximum atomic E-state index is 13.8. The van der Waals surface area contributed by atoms with Gasteiger partial charge in [0.25, 0.3) is 11.8 Å². The monoisotopic (exact) mass is 543 g/mol. The molecule has 3 aliphatic heterocycles. The molecular formula is C27H41N7O5. The minimum absolute atomic E-state index is 0.00951. The fraction of sp³-hybridized carbons (Fsp3) is 0.815. The first-order valence-corrected chi connectivity index (χ1v) is 15.0. The van der Waals surface area contributed by atoms with Gasteiger partial charge in [0.2, 0.25) is 11.9 Å². The maximum absolute atomic E-state index is 13.8. The number of hydrazine groups is 3. The molecule has 3 unspecified atom stereocenters. The number of likely N-dealkylation sites (tertiary alicyclic amines) is 1. The Bertz CT molecular complexity index is 1020. The van der Waals surface area contributed by atoms with E-state index in [0.29, 0.717) is 37.5 Å². The third-order valence-electron chi connectivity index (χ3n) is 9.99. The summed E-state index contributed by atoms with van der Waals surface area (Å²) in [5.41, 5.74) is 10.5. The average molecular weight is 544 g/mol. The lowest BCUT2D eigenvalue weighted by Gasteiger charge is -2.35. The number of carbonyl (C=O) groups is 3. The number of amides is 3. The van der Waals surface area contributed by atoms with Gasteiger partial charge in [-0.05, 0) is 50.5 Å². The molecule has 214 valence electrons. The first-order chi connectivity index (χ1) is 18.9. The van der Waals surface area contributed by atoms with Crippen molar-refractivity contribution in [1.29, 1.82) is 0 Å². The Balaban J connectivity index is 1.13. The van der Waals surface area contributed by atoms with Crippen molar-refractivity contribution in [1.82, 2.24) is 31.3 Å².